The lowest BCUT2D eigenvalue weighted by Gasteiger charge is -2.36. The van der Waals surface area contributed by atoms with Gasteiger partial charge in [0.2, 0.25) is 11.8 Å². The van der Waals surface area contributed by atoms with Gasteiger partial charge < -0.3 is 10.2 Å². The van der Waals surface area contributed by atoms with Crippen LogP contribution in [0.5, 0.6) is 0 Å². The molecule has 0 radical (unpaired) electrons. The molecule has 0 unspecified atom stereocenters. The van der Waals surface area contributed by atoms with Crippen LogP contribution in [-0.2, 0) is 9.59 Å². The fourth-order valence-corrected chi connectivity index (χ4v) is 3.03. The van der Waals surface area contributed by atoms with Crippen LogP contribution in [0, 0.1) is 17.3 Å². The van der Waals surface area contributed by atoms with Crippen molar-refractivity contribution < 1.29 is 22.8 Å². The van der Waals surface area contributed by atoms with Crippen molar-refractivity contribution >= 4 is 11.8 Å². The van der Waals surface area contributed by atoms with E-state index in [9.17, 15) is 22.8 Å². The van der Waals surface area contributed by atoms with Gasteiger partial charge in [-0.3, -0.25) is 9.59 Å². The van der Waals surface area contributed by atoms with Crippen molar-refractivity contribution in [3.05, 3.63) is 0 Å². The second-order valence-electron chi connectivity index (χ2n) is 7.75. The molecule has 2 amide bonds. The summed E-state index contributed by atoms with van der Waals surface area (Å²) in [5, 5.41) is 2.17. The fraction of sp³-hybridized carbons (Fsp3) is 0.875. The Balaban J connectivity index is 1.99. The number of halogens is 3. The molecule has 4 nitrogen and oxygen atoms in total. The van der Waals surface area contributed by atoms with Gasteiger partial charge in [-0.2, -0.15) is 13.2 Å². The maximum atomic E-state index is 13.2. The monoisotopic (exact) mass is 334 g/mol. The Kier molecular flexibility index (Phi) is 4.97. The molecule has 1 heterocycles. The van der Waals surface area contributed by atoms with Crippen molar-refractivity contribution in [1.82, 2.24) is 10.2 Å². The molecule has 0 aromatic rings. The van der Waals surface area contributed by atoms with Crippen LogP contribution < -0.4 is 5.32 Å². The third kappa shape index (κ3) is 4.61. The predicted octanol–water partition coefficient (Wildman–Crippen LogP) is 2.73. The molecule has 2 aliphatic rings. The normalized spacial score (nSPS) is 24.3. The van der Waals surface area contributed by atoms with Crippen LogP contribution in [0.2, 0.25) is 0 Å². The van der Waals surface area contributed by atoms with Crippen LogP contribution in [-0.4, -0.2) is 42.0 Å². The molecule has 0 aromatic carbocycles. The Morgan fingerprint density at radius 1 is 1.09 bits per heavy atom. The molecule has 2 rings (SSSR count). The van der Waals surface area contributed by atoms with Crippen molar-refractivity contribution in [1.29, 1.82) is 0 Å². The first-order chi connectivity index (χ1) is 10.5. The standard InChI is InChI=1S/C16H25F3N2O2/c1-15(2,3)14(16(17,18)19)20-12(22)11-5-4-8-21(9-11)13(23)10-6-7-10/h10-11,14H,4-9H2,1-3H3,(H,20,22)/t11-,14+/m0/s1. The molecule has 1 aliphatic heterocycles. The minimum absolute atomic E-state index is 0.0469. The summed E-state index contributed by atoms with van der Waals surface area (Å²) in [6.07, 6.45) is -1.55. The summed E-state index contributed by atoms with van der Waals surface area (Å²) in [7, 11) is 0. The first-order valence-corrected chi connectivity index (χ1v) is 8.16. The molecule has 2 fully saturated rings. The Bertz CT molecular complexity index is 453. The zero-order chi connectivity index (χ0) is 17.4. The van der Waals surface area contributed by atoms with Crippen LogP contribution in [0.25, 0.3) is 0 Å². The summed E-state index contributed by atoms with van der Waals surface area (Å²) in [5.74, 6) is -1.05. The third-order valence-corrected chi connectivity index (χ3v) is 4.51. The predicted molar refractivity (Wildman–Crippen MR) is 79.5 cm³/mol. The number of carbonyl (C=O) groups excluding carboxylic acids is 2. The van der Waals surface area contributed by atoms with Crippen LogP contribution in [0.1, 0.15) is 46.5 Å². The van der Waals surface area contributed by atoms with Gasteiger partial charge in [0.25, 0.3) is 0 Å². The minimum Gasteiger partial charge on any atom is -0.344 e. The summed E-state index contributed by atoms with van der Waals surface area (Å²) < 4.78 is 39.5. The molecular weight excluding hydrogens is 309 g/mol. The summed E-state index contributed by atoms with van der Waals surface area (Å²) in [4.78, 5) is 26.0. The van der Waals surface area contributed by atoms with Gasteiger partial charge >= 0.3 is 6.18 Å². The lowest BCUT2D eigenvalue weighted by atomic mass is 9.85. The van der Waals surface area contributed by atoms with Crippen molar-refractivity contribution in [3.63, 3.8) is 0 Å². The van der Waals surface area contributed by atoms with E-state index >= 15 is 0 Å². The van der Waals surface area contributed by atoms with E-state index in [0.717, 1.165) is 12.8 Å². The number of hydrogen-bond donors (Lipinski definition) is 1. The van der Waals surface area contributed by atoms with E-state index in [0.29, 0.717) is 19.4 Å². The Hall–Kier alpha value is -1.27. The van der Waals surface area contributed by atoms with Gasteiger partial charge in [0.05, 0.1) is 5.92 Å². The van der Waals surface area contributed by atoms with Crippen molar-refractivity contribution in [2.24, 2.45) is 17.3 Å². The maximum Gasteiger partial charge on any atom is 0.409 e. The molecule has 0 bridgehead atoms. The van der Waals surface area contributed by atoms with E-state index in [1.54, 1.807) is 4.90 Å². The number of hydrogen-bond acceptors (Lipinski definition) is 2. The number of carbonyl (C=O) groups is 2. The Morgan fingerprint density at radius 2 is 1.70 bits per heavy atom. The first kappa shape index (κ1) is 18.1. The average molecular weight is 334 g/mol. The number of nitrogens with one attached hydrogen (secondary N) is 1. The SMILES string of the molecule is CC(C)(C)[C@@H](NC(=O)[C@H]1CCCN(C(=O)C2CC2)C1)C(F)(F)F. The second kappa shape index (κ2) is 6.32. The number of likely N-dealkylation sites (tertiary alicyclic amines) is 1. The highest BCUT2D eigenvalue weighted by Crippen LogP contribution is 2.35. The van der Waals surface area contributed by atoms with Crippen LogP contribution in [0.4, 0.5) is 13.2 Å². The van der Waals surface area contributed by atoms with Gasteiger partial charge in [-0.1, -0.05) is 20.8 Å². The molecule has 0 spiro atoms. The number of alkyl halides is 3. The number of piperidine rings is 1. The van der Waals surface area contributed by atoms with Crippen molar-refractivity contribution in [2.75, 3.05) is 13.1 Å². The van der Waals surface area contributed by atoms with E-state index in [1.165, 1.54) is 20.8 Å². The fourth-order valence-electron chi connectivity index (χ4n) is 3.03. The minimum atomic E-state index is -4.49. The number of nitrogens with zero attached hydrogens (tertiary/aromatic N) is 1. The van der Waals surface area contributed by atoms with E-state index < -0.39 is 29.5 Å². The smallest absolute Gasteiger partial charge is 0.344 e. The van der Waals surface area contributed by atoms with Crippen molar-refractivity contribution in [3.8, 4) is 0 Å². The molecular formula is C16H25F3N2O2. The molecule has 1 saturated carbocycles. The zero-order valence-electron chi connectivity index (χ0n) is 13.9. The molecule has 132 valence electrons. The van der Waals surface area contributed by atoms with Gasteiger partial charge in [-0.15, -0.1) is 0 Å². The topological polar surface area (TPSA) is 49.4 Å². The number of amides is 2. The van der Waals surface area contributed by atoms with Gasteiger partial charge in [-0.05, 0) is 31.1 Å². The highest BCUT2D eigenvalue weighted by molar-refractivity contribution is 5.83. The maximum absolute atomic E-state index is 13.2. The van der Waals surface area contributed by atoms with E-state index in [1.807, 2.05) is 0 Å². The second-order valence-corrected chi connectivity index (χ2v) is 7.75. The highest BCUT2D eigenvalue weighted by Gasteiger charge is 2.48. The van der Waals surface area contributed by atoms with Crippen LogP contribution in [0.15, 0.2) is 0 Å². The van der Waals surface area contributed by atoms with E-state index in [2.05, 4.69) is 5.32 Å². The molecule has 1 saturated heterocycles. The average Bonchev–Trinajstić information content (AvgIpc) is 3.25. The largest absolute Gasteiger partial charge is 0.409 e. The number of rotatable bonds is 3. The van der Waals surface area contributed by atoms with Gasteiger partial charge in [0, 0.05) is 19.0 Å². The van der Waals surface area contributed by atoms with E-state index in [-0.39, 0.29) is 18.4 Å². The van der Waals surface area contributed by atoms with Crippen LogP contribution >= 0.6 is 0 Å². The molecule has 23 heavy (non-hydrogen) atoms. The van der Waals surface area contributed by atoms with Crippen LogP contribution in [0.3, 0.4) is 0 Å². The highest BCUT2D eigenvalue weighted by atomic mass is 19.4. The molecule has 1 N–H and O–H groups in total. The molecule has 1 aliphatic carbocycles. The van der Waals surface area contributed by atoms with E-state index in [4.69, 9.17) is 0 Å². The van der Waals surface area contributed by atoms with Crippen molar-refractivity contribution in [2.45, 2.75) is 58.7 Å². The molecule has 0 aromatic heterocycles. The summed E-state index contributed by atoms with van der Waals surface area (Å²) in [6.45, 7) is 5.19. The summed E-state index contributed by atoms with van der Waals surface area (Å²) in [6, 6.07) is -1.89. The molecule has 2 atom stereocenters. The summed E-state index contributed by atoms with van der Waals surface area (Å²) in [5.41, 5.74) is -1.12. The Morgan fingerprint density at radius 3 is 2.17 bits per heavy atom. The quantitative estimate of drug-likeness (QED) is 0.863. The molecule has 7 heteroatoms. The lowest BCUT2D eigenvalue weighted by Crippen LogP contribution is -2.56. The zero-order valence-corrected chi connectivity index (χ0v) is 13.9. The first-order valence-electron chi connectivity index (χ1n) is 8.16. The third-order valence-electron chi connectivity index (χ3n) is 4.51. The van der Waals surface area contributed by atoms with Gasteiger partial charge in [-0.25, -0.2) is 0 Å². The van der Waals surface area contributed by atoms with Gasteiger partial charge in [0.15, 0.2) is 0 Å². The lowest BCUT2D eigenvalue weighted by molar-refractivity contribution is -0.182. The summed E-state index contributed by atoms with van der Waals surface area (Å²) >= 11 is 0. The Labute approximate surface area is 134 Å². The van der Waals surface area contributed by atoms with Gasteiger partial charge in [0.1, 0.15) is 6.04 Å².